The van der Waals surface area contributed by atoms with Gasteiger partial charge in [-0.05, 0) is 24.3 Å². The maximum atomic E-state index is 10.4. The molecule has 4 nitrogen and oxygen atoms in total. The summed E-state index contributed by atoms with van der Waals surface area (Å²) in [7, 11) is 0. The van der Waals surface area contributed by atoms with Crippen molar-refractivity contribution in [3.05, 3.63) is 66.6 Å². The third kappa shape index (κ3) is 3.35. The van der Waals surface area contributed by atoms with Gasteiger partial charge in [0, 0.05) is 17.8 Å². The number of benzene rings is 1. The molecule has 0 saturated carbocycles. The third-order valence-corrected chi connectivity index (χ3v) is 2.41. The average molecular weight is 252 g/mol. The molecule has 19 heavy (non-hydrogen) atoms. The van der Waals surface area contributed by atoms with Gasteiger partial charge in [-0.15, -0.1) is 0 Å². The summed E-state index contributed by atoms with van der Waals surface area (Å²) in [6.45, 7) is 0. The van der Waals surface area contributed by atoms with Crippen molar-refractivity contribution in [3.8, 4) is 5.75 Å². The molecule has 0 aliphatic carbocycles. The van der Waals surface area contributed by atoms with Gasteiger partial charge in [-0.3, -0.25) is 9.78 Å². The van der Waals surface area contributed by atoms with E-state index < -0.39 is 0 Å². The van der Waals surface area contributed by atoms with Gasteiger partial charge in [-0.2, -0.15) is 0 Å². The predicted molar refractivity (Wildman–Crippen MR) is 73.0 cm³/mol. The largest absolute Gasteiger partial charge is 0.506 e. The van der Waals surface area contributed by atoms with Crippen LogP contribution in [-0.2, 0) is 0 Å². The van der Waals surface area contributed by atoms with Gasteiger partial charge in [0.25, 0.3) is 0 Å². The lowest BCUT2D eigenvalue weighted by Crippen LogP contribution is -1.87. The van der Waals surface area contributed by atoms with Crippen LogP contribution in [0.1, 0.15) is 10.5 Å². The summed E-state index contributed by atoms with van der Waals surface area (Å²) < 4.78 is 0. The monoisotopic (exact) mass is 252 g/mol. The molecule has 0 atom stereocenters. The highest BCUT2D eigenvalue weighted by Crippen LogP contribution is 2.21. The molecule has 0 spiro atoms. The van der Waals surface area contributed by atoms with Crippen molar-refractivity contribution in [2.24, 2.45) is 0 Å². The molecule has 1 N–H and O–H groups in total. The van der Waals surface area contributed by atoms with E-state index in [4.69, 9.17) is 0 Å². The number of aromatic nitrogens is 2. The van der Waals surface area contributed by atoms with Gasteiger partial charge in [-0.1, -0.05) is 24.3 Å². The van der Waals surface area contributed by atoms with Crippen molar-refractivity contribution in [1.82, 2.24) is 9.97 Å². The summed E-state index contributed by atoms with van der Waals surface area (Å²) in [4.78, 5) is 18.2. The van der Waals surface area contributed by atoms with Gasteiger partial charge in [-0.25, -0.2) is 4.98 Å². The fourth-order valence-corrected chi connectivity index (χ4v) is 1.52. The van der Waals surface area contributed by atoms with Gasteiger partial charge < -0.3 is 5.11 Å². The Morgan fingerprint density at radius 1 is 0.947 bits per heavy atom. The number of carbonyl (C=O) groups is 1. The number of para-hydroxylation sites is 1. The molecule has 2 aromatic heterocycles. The number of rotatable bonds is 1. The van der Waals surface area contributed by atoms with E-state index in [1.54, 1.807) is 36.7 Å². The van der Waals surface area contributed by atoms with Crippen LogP contribution in [0.25, 0.3) is 10.9 Å². The number of aldehydes is 1. The zero-order valence-corrected chi connectivity index (χ0v) is 10.1. The molecule has 0 unspecified atom stereocenters. The fraction of sp³-hybridized carbons (Fsp3) is 0. The second-order valence-electron chi connectivity index (χ2n) is 3.73. The van der Waals surface area contributed by atoms with Crippen LogP contribution in [0.2, 0.25) is 0 Å². The van der Waals surface area contributed by atoms with Crippen LogP contribution in [0.4, 0.5) is 0 Å². The molecule has 1 aromatic carbocycles. The minimum atomic E-state index is 0.0983. The fourth-order valence-electron chi connectivity index (χ4n) is 1.52. The maximum Gasteiger partial charge on any atom is 0.168 e. The van der Waals surface area contributed by atoms with Crippen molar-refractivity contribution in [2.75, 3.05) is 0 Å². The summed E-state index contributed by atoms with van der Waals surface area (Å²) in [5.41, 5.74) is 0.793. The molecule has 0 radical (unpaired) electrons. The molecule has 0 bridgehead atoms. The average Bonchev–Trinajstić information content (AvgIpc) is 2.50. The maximum absolute atomic E-state index is 10.4. The lowest BCUT2D eigenvalue weighted by Gasteiger charge is -1.99. The van der Waals surface area contributed by atoms with Crippen LogP contribution in [-0.4, -0.2) is 21.4 Å². The first-order valence-corrected chi connectivity index (χ1v) is 5.70. The second-order valence-corrected chi connectivity index (χ2v) is 3.73. The summed E-state index contributed by atoms with van der Waals surface area (Å²) in [6, 6.07) is 14.2. The molecule has 0 saturated heterocycles. The van der Waals surface area contributed by atoms with Crippen molar-refractivity contribution in [2.45, 2.75) is 0 Å². The first-order valence-electron chi connectivity index (χ1n) is 5.70. The molecule has 0 fully saturated rings. The topological polar surface area (TPSA) is 63.1 Å². The van der Waals surface area contributed by atoms with E-state index >= 15 is 0 Å². The van der Waals surface area contributed by atoms with Crippen LogP contribution in [0.3, 0.4) is 0 Å². The van der Waals surface area contributed by atoms with E-state index in [1.807, 2.05) is 24.3 Å². The van der Waals surface area contributed by atoms with E-state index in [0.717, 1.165) is 5.39 Å². The molecule has 3 aromatic rings. The number of fused-ring (bicyclic) bond motifs is 1. The lowest BCUT2D eigenvalue weighted by atomic mass is 10.2. The smallest absolute Gasteiger partial charge is 0.168 e. The highest BCUT2D eigenvalue weighted by atomic mass is 16.3. The second kappa shape index (κ2) is 6.26. The molecule has 0 aliphatic rings. The van der Waals surface area contributed by atoms with Crippen LogP contribution >= 0.6 is 0 Å². The van der Waals surface area contributed by atoms with Crippen molar-refractivity contribution in [3.63, 3.8) is 0 Å². The molecule has 0 aliphatic heterocycles. The number of hydrogen-bond donors (Lipinski definition) is 1. The minimum absolute atomic E-state index is 0.0983. The number of phenols is 1. The lowest BCUT2D eigenvalue weighted by molar-refractivity contribution is 0.111. The van der Waals surface area contributed by atoms with E-state index in [2.05, 4.69) is 9.97 Å². The third-order valence-electron chi connectivity index (χ3n) is 2.41. The van der Waals surface area contributed by atoms with E-state index in [9.17, 15) is 9.90 Å². The minimum Gasteiger partial charge on any atom is -0.506 e. The summed E-state index contributed by atoms with van der Waals surface area (Å²) in [5, 5.41) is 10.2. The number of aromatic hydroxyl groups is 1. The first kappa shape index (κ1) is 12.7. The zero-order valence-electron chi connectivity index (χ0n) is 10.1. The Morgan fingerprint density at radius 3 is 2.32 bits per heavy atom. The Morgan fingerprint density at radius 2 is 1.74 bits per heavy atom. The SMILES string of the molecule is O=Cc1ccc2cccc(O)c2n1.c1ccncc1. The standard InChI is InChI=1S/C10H7NO2.C5H5N/c12-6-8-5-4-7-2-1-3-9(13)10(7)11-8;1-2-4-6-5-3-1/h1-6,13H;1-5H. The molecular weight excluding hydrogens is 240 g/mol. The molecule has 0 amide bonds. The highest BCUT2D eigenvalue weighted by Gasteiger charge is 2.00. The molecule has 94 valence electrons. The Hall–Kier alpha value is -2.75. The van der Waals surface area contributed by atoms with Crippen LogP contribution < -0.4 is 0 Å². The van der Waals surface area contributed by atoms with Gasteiger partial charge in [0.2, 0.25) is 0 Å². The number of hydrogen-bond acceptors (Lipinski definition) is 4. The zero-order chi connectivity index (χ0) is 13.5. The predicted octanol–water partition coefficient (Wildman–Crippen LogP) is 2.83. The molecule has 3 rings (SSSR count). The first-order chi connectivity index (χ1) is 9.31. The number of nitrogens with zero attached hydrogens (tertiary/aromatic N) is 2. The normalized spacial score (nSPS) is 9.47. The number of pyridine rings is 2. The van der Waals surface area contributed by atoms with Gasteiger partial charge in [0.1, 0.15) is 17.0 Å². The Bertz CT molecular complexity index is 643. The Kier molecular flexibility index (Phi) is 4.18. The van der Waals surface area contributed by atoms with E-state index in [-0.39, 0.29) is 5.75 Å². The Labute approximate surface area is 110 Å². The van der Waals surface area contributed by atoms with Crippen molar-refractivity contribution >= 4 is 17.2 Å². The summed E-state index contributed by atoms with van der Waals surface area (Å²) in [5.74, 6) is 0.0983. The van der Waals surface area contributed by atoms with Crippen LogP contribution in [0.15, 0.2) is 60.9 Å². The van der Waals surface area contributed by atoms with E-state index in [0.29, 0.717) is 17.5 Å². The Balaban J connectivity index is 0.000000186. The van der Waals surface area contributed by atoms with Gasteiger partial charge in [0.15, 0.2) is 6.29 Å². The summed E-state index contributed by atoms with van der Waals surface area (Å²) in [6.07, 6.45) is 4.16. The molecule has 4 heteroatoms. The van der Waals surface area contributed by atoms with Crippen molar-refractivity contribution in [1.29, 1.82) is 0 Å². The van der Waals surface area contributed by atoms with Crippen LogP contribution in [0.5, 0.6) is 5.75 Å². The molecular formula is C15H12N2O2. The van der Waals surface area contributed by atoms with Crippen LogP contribution in [0, 0.1) is 0 Å². The molecule has 2 heterocycles. The van der Waals surface area contributed by atoms with Crippen molar-refractivity contribution < 1.29 is 9.90 Å². The number of carbonyl (C=O) groups excluding carboxylic acids is 1. The highest BCUT2D eigenvalue weighted by molar-refractivity contribution is 5.87. The van der Waals surface area contributed by atoms with Gasteiger partial charge in [0.05, 0.1) is 0 Å². The summed E-state index contributed by atoms with van der Waals surface area (Å²) >= 11 is 0. The quantitative estimate of drug-likeness (QED) is 0.676. The van der Waals surface area contributed by atoms with Gasteiger partial charge >= 0.3 is 0 Å². The number of phenolic OH excluding ortho intramolecular Hbond substituents is 1. The van der Waals surface area contributed by atoms with E-state index in [1.165, 1.54) is 0 Å².